The molecule has 2 heterocycles. The second-order valence-corrected chi connectivity index (χ2v) is 5.62. The van der Waals surface area contributed by atoms with Crippen LogP contribution in [0.15, 0.2) is 30.3 Å². The number of nitrogens with one attached hydrogen (secondary N) is 1. The molecule has 0 spiro atoms. The molecule has 3 unspecified atom stereocenters. The van der Waals surface area contributed by atoms with Crippen molar-refractivity contribution in [2.45, 2.75) is 38.0 Å². The minimum atomic E-state index is -0.589. The van der Waals surface area contributed by atoms with E-state index in [1.807, 2.05) is 42.2 Å². The number of amides is 2. The number of ether oxygens (including phenoxy) is 1. The van der Waals surface area contributed by atoms with Crippen LogP contribution in [0.1, 0.15) is 31.4 Å². The molecule has 5 heteroatoms. The van der Waals surface area contributed by atoms with Crippen LogP contribution in [0.2, 0.25) is 0 Å². The third kappa shape index (κ3) is 2.78. The first-order valence-electron chi connectivity index (χ1n) is 7.43. The van der Waals surface area contributed by atoms with Crippen molar-refractivity contribution in [3.05, 3.63) is 35.9 Å². The molecule has 0 aromatic heterocycles. The fraction of sp³-hybridized carbons (Fsp3) is 0.500. The summed E-state index contributed by atoms with van der Waals surface area (Å²) < 4.78 is 5.58. The van der Waals surface area contributed by atoms with Gasteiger partial charge in [-0.3, -0.25) is 9.59 Å². The normalized spacial score (nSPS) is 30.1. The van der Waals surface area contributed by atoms with Gasteiger partial charge in [0.25, 0.3) is 0 Å². The molecule has 0 saturated carbocycles. The minimum absolute atomic E-state index is 0.0265. The topological polar surface area (TPSA) is 58.6 Å². The molecule has 112 valence electrons. The van der Waals surface area contributed by atoms with Gasteiger partial charge in [0.05, 0.1) is 12.1 Å². The van der Waals surface area contributed by atoms with E-state index in [9.17, 15) is 9.59 Å². The molecule has 2 aliphatic rings. The first-order valence-corrected chi connectivity index (χ1v) is 7.43. The highest BCUT2D eigenvalue weighted by Gasteiger charge is 2.38. The molecular weight excluding hydrogens is 268 g/mol. The van der Waals surface area contributed by atoms with E-state index >= 15 is 0 Å². The smallest absolute Gasteiger partial charge is 0.250 e. The maximum absolute atomic E-state index is 12.9. The standard InChI is InChI=1S/C16H20N2O3/c1-11-13(8-10-21-11)18-9-7-14(19)17-15(16(18)20)12-5-3-2-4-6-12/h2-6,11,13,15H,7-10H2,1H3,(H,17,19). The number of carbonyl (C=O) groups is 2. The quantitative estimate of drug-likeness (QED) is 0.891. The van der Waals surface area contributed by atoms with Crippen LogP contribution in [0.25, 0.3) is 0 Å². The molecule has 2 aliphatic heterocycles. The highest BCUT2D eigenvalue weighted by Crippen LogP contribution is 2.26. The fourth-order valence-electron chi connectivity index (χ4n) is 3.12. The Hall–Kier alpha value is -1.88. The van der Waals surface area contributed by atoms with Crippen molar-refractivity contribution in [2.75, 3.05) is 13.2 Å². The number of hydrogen-bond acceptors (Lipinski definition) is 3. The van der Waals surface area contributed by atoms with Crippen LogP contribution in [0.4, 0.5) is 0 Å². The van der Waals surface area contributed by atoms with Crippen molar-refractivity contribution in [1.29, 1.82) is 0 Å². The molecule has 2 amide bonds. The molecule has 5 nitrogen and oxygen atoms in total. The van der Waals surface area contributed by atoms with Gasteiger partial charge in [-0.05, 0) is 18.9 Å². The van der Waals surface area contributed by atoms with E-state index in [-0.39, 0.29) is 24.0 Å². The summed E-state index contributed by atoms with van der Waals surface area (Å²) in [6.07, 6.45) is 1.21. The van der Waals surface area contributed by atoms with Crippen molar-refractivity contribution in [3.63, 3.8) is 0 Å². The second kappa shape index (κ2) is 5.85. The van der Waals surface area contributed by atoms with Crippen LogP contribution in [0.3, 0.4) is 0 Å². The molecule has 1 N–H and O–H groups in total. The molecule has 2 saturated heterocycles. The predicted octanol–water partition coefficient (Wildman–Crippen LogP) is 1.25. The van der Waals surface area contributed by atoms with E-state index in [0.717, 1.165) is 12.0 Å². The summed E-state index contributed by atoms with van der Waals surface area (Å²) in [6, 6.07) is 8.89. The van der Waals surface area contributed by atoms with Crippen molar-refractivity contribution < 1.29 is 14.3 Å². The lowest BCUT2D eigenvalue weighted by molar-refractivity contribution is -0.136. The summed E-state index contributed by atoms with van der Waals surface area (Å²) in [4.78, 5) is 26.6. The zero-order chi connectivity index (χ0) is 14.8. The van der Waals surface area contributed by atoms with Gasteiger partial charge in [-0.15, -0.1) is 0 Å². The molecule has 0 aliphatic carbocycles. The molecule has 3 rings (SSSR count). The van der Waals surface area contributed by atoms with E-state index in [1.54, 1.807) is 0 Å². The number of benzene rings is 1. The van der Waals surface area contributed by atoms with E-state index in [1.165, 1.54) is 0 Å². The third-order valence-electron chi connectivity index (χ3n) is 4.28. The van der Waals surface area contributed by atoms with Crippen LogP contribution < -0.4 is 5.32 Å². The van der Waals surface area contributed by atoms with Crippen molar-refractivity contribution >= 4 is 11.8 Å². The summed E-state index contributed by atoms with van der Waals surface area (Å²) in [5.41, 5.74) is 0.828. The number of carbonyl (C=O) groups excluding carboxylic acids is 2. The number of nitrogens with zero attached hydrogens (tertiary/aromatic N) is 1. The average molecular weight is 288 g/mol. The maximum Gasteiger partial charge on any atom is 0.250 e. The van der Waals surface area contributed by atoms with Crippen LogP contribution in [-0.4, -0.2) is 42.0 Å². The molecule has 1 aromatic carbocycles. The Kier molecular flexibility index (Phi) is 3.92. The predicted molar refractivity (Wildman–Crippen MR) is 77.5 cm³/mol. The zero-order valence-electron chi connectivity index (χ0n) is 12.1. The molecule has 0 bridgehead atoms. The van der Waals surface area contributed by atoms with Gasteiger partial charge >= 0.3 is 0 Å². The average Bonchev–Trinajstić information content (AvgIpc) is 2.85. The zero-order valence-corrected chi connectivity index (χ0v) is 12.1. The van der Waals surface area contributed by atoms with Crippen LogP contribution in [0, 0.1) is 0 Å². The Labute approximate surface area is 124 Å². The Balaban J connectivity index is 1.89. The largest absolute Gasteiger partial charge is 0.376 e. The van der Waals surface area contributed by atoms with Crippen molar-refractivity contribution in [1.82, 2.24) is 10.2 Å². The summed E-state index contributed by atoms with van der Waals surface area (Å²) in [6.45, 7) is 3.13. The first-order chi connectivity index (χ1) is 10.2. The summed E-state index contributed by atoms with van der Waals surface area (Å²) >= 11 is 0. The van der Waals surface area contributed by atoms with Gasteiger partial charge in [-0.25, -0.2) is 0 Å². The van der Waals surface area contributed by atoms with E-state index in [4.69, 9.17) is 4.74 Å². The lowest BCUT2D eigenvalue weighted by Crippen LogP contribution is -2.46. The highest BCUT2D eigenvalue weighted by atomic mass is 16.5. The van der Waals surface area contributed by atoms with Gasteiger partial charge in [0, 0.05) is 19.6 Å². The van der Waals surface area contributed by atoms with Crippen LogP contribution in [-0.2, 0) is 14.3 Å². The Morgan fingerprint density at radius 3 is 2.67 bits per heavy atom. The molecule has 3 atom stereocenters. The molecule has 21 heavy (non-hydrogen) atoms. The number of rotatable bonds is 2. The monoisotopic (exact) mass is 288 g/mol. The molecule has 1 aromatic rings. The summed E-state index contributed by atoms with van der Waals surface area (Å²) in [7, 11) is 0. The van der Waals surface area contributed by atoms with Gasteiger partial charge in [0.1, 0.15) is 6.04 Å². The highest BCUT2D eigenvalue weighted by molar-refractivity contribution is 5.91. The van der Waals surface area contributed by atoms with E-state index < -0.39 is 6.04 Å². The maximum atomic E-state index is 12.9. The fourth-order valence-corrected chi connectivity index (χ4v) is 3.12. The van der Waals surface area contributed by atoms with E-state index in [2.05, 4.69) is 5.32 Å². The van der Waals surface area contributed by atoms with Gasteiger partial charge in [-0.1, -0.05) is 30.3 Å². The Morgan fingerprint density at radius 2 is 2.00 bits per heavy atom. The summed E-state index contributed by atoms with van der Waals surface area (Å²) in [5.74, 6) is -0.110. The first kappa shape index (κ1) is 14.1. The van der Waals surface area contributed by atoms with Gasteiger partial charge in [0.2, 0.25) is 11.8 Å². The second-order valence-electron chi connectivity index (χ2n) is 5.62. The van der Waals surface area contributed by atoms with Crippen LogP contribution in [0.5, 0.6) is 0 Å². The number of hydrogen-bond donors (Lipinski definition) is 1. The third-order valence-corrected chi connectivity index (χ3v) is 4.28. The molecular formula is C16H20N2O3. The minimum Gasteiger partial charge on any atom is -0.376 e. The van der Waals surface area contributed by atoms with Crippen molar-refractivity contribution in [2.24, 2.45) is 0 Å². The van der Waals surface area contributed by atoms with Gasteiger partial charge < -0.3 is 15.0 Å². The van der Waals surface area contributed by atoms with E-state index in [0.29, 0.717) is 19.6 Å². The Bertz CT molecular complexity index is 532. The Morgan fingerprint density at radius 1 is 1.24 bits per heavy atom. The van der Waals surface area contributed by atoms with Crippen molar-refractivity contribution in [3.8, 4) is 0 Å². The lowest BCUT2D eigenvalue weighted by atomic mass is 10.0. The SMILES string of the molecule is CC1OCCC1N1CCC(=O)NC(c2ccccc2)C1=O. The molecule has 2 fully saturated rings. The molecule has 0 radical (unpaired) electrons. The van der Waals surface area contributed by atoms with Gasteiger partial charge in [0.15, 0.2) is 0 Å². The van der Waals surface area contributed by atoms with Gasteiger partial charge in [-0.2, -0.15) is 0 Å². The lowest BCUT2D eigenvalue weighted by Gasteiger charge is -2.31. The van der Waals surface area contributed by atoms with Crippen LogP contribution >= 0.6 is 0 Å². The summed E-state index contributed by atoms with van der Waals surface area (Å²) in [5, 5.41) is 2.84.